The highest BCUT2D eigenvalue weighted by Gasteiger charge is 2.13. The van der Waals surface area contributed by atoms with Gasteiger partial charge >= 0.3 is 5.97 Å². The van der Waals surface area contributed by atoms with Gasteiger partial charge in [0.2, 0.25) is 0 Å². The summed E-state index contributed by atoms with van der Waals surface area (Å²) in [5, 5.41) is 0. The molecule has 0 aliphatic carbocycles. The Labute approximate surface area is 99.4 Å². The fourth-order valence-corrected chi connectivity index (χ4v) is 1.62. The molecule has 4 heteroatoms. The van der Waals surface area contributed by atoms with Gasteiger partial charge < -0.3 is 4.74 Å². The summed E-state index contributed by atoms with van der Waals surface area (Å²) >= 11 is 5.70. The number of Topliss-reactive ketones (excluding diaryl/α,β-unsaturated/α-hetero) is 1. The second kappa shape index (κ2) is 5.66. The van der Waals surface area contributed by atoms with E-state index in [9.17, 15) is 9.59 Å². The molecule has 1 aromatic rings. The van der Waals surface area contributed by atoms with Crippen LogP contribution in [0.25, 0.3) is 0 Å². The quantitative estimate of drug-likeness (QED) is 0.599. The lowest BCUT2D eigenvalue weighted by molar-refractivity contribution is -0.116. The topological polar surface area (TPSA) is 43.4 Å². The van der Waals surface area contributed by atoms with Crippen LogP contribution in [0.3, 0.4) is 0 Å². The molecule has 0 aromatic heterocycles. The van der Waals surface area contributed by atoms with E-state index >= 15 is 0 Å². The average Bonchev–Trinajstić information content (AvgIpc) is 2.27. The molecule has 0 saturated heterocycles. The van der Waals surface area contributed by atoms with Crippen LogP contribution in [-0.4, -0.2) is 18.9 Å². The smallest absolute Gasteiger partial charge is 0.338 e. The highest BCUT2D eigenvalue weighted by Crippen LogP contribution is 2.16. The lowest BCUT2D eigenvalue weighted by atomic mass is 10.0. The van der Waals surface area contributed by atoms with Gasteiger partial charge in [-0.05, 0) is 24.1 Å². The molecule has 16 heavy (non-hydrogen) atoms. The van der Waals surface area contributed by atoms with E-state index in [1.54, 1.807) is 18.2 Å². The van der Waals surface area contributed by atoms with Gasteiger partial charge in [-0.1, -0.05) is 12.1 Å². The van der Waals surface area contributed by atoms with E-state index in [4.69, 9.17) is 11.6 Å². The SMILES string of the molecule is COC(=O)c1ccc(CCl)cc1CC(C)=O. The Kier molecular flexibility index (Phi) is 4.50. The lowest BCUT2D eigenvalue weighted by Gasteiger charge is -2.08. The second-order valence-corrected chi connectivity index (χ2v) is 3.76. The van der Waals surface area contributed by atoms with E-state index in [0.29, 0.717) is 17.0 Å². The van der Waals surface area contributed by atoms with Gasteiger partial charge in [0, 0.05) is 12.3 Å². The zero-order chi connectivity index (χ0) is 12.1. The summed E-state index contributed by atoms with van der Waals surface area (Å²) in [4.78, 5) is 22.5. The lowest BCUT2D eigenvalue weighted by Crippen LogP contribution is -2.09. The number of hydrogen-bond donors (Lipinski definition) is 0. The summed E-state index contributed by atoms with van der Waals surface area (Å²) in [5.41, 5.74) is 1.97. The zero-order valence-electron chi connectivity index (χ0n) is 9.25. The number of carbonyl (C=O) groups is 2. The van der Waals surface area contributed by atoms with Gasteiger partial charge in [-0.15, -0.1) is 11.6 Å². The maximum Gasteiger partial charge on any atom is 0.338 e. The van der Waals surface area contributed by atoms with E-state index in [1.807, 2.05) is 0 Å². The Hall–Kier alpha value is -1.35. The molecule has 0 atom stereocenters. The van der Waals surface area contributed by atoms with Crippen molar-refractivity contribution in [3.63, 3.8) is 0 Å². The molecule has 0 radical (unpaired) electrons. The molecule has 0 N–H and O–H groups in total. The van der Waals surface area contributed by atoms with Crippen molar-refractivity contribution in [1.29, 1.82) is 0 Å². The van der Waals surface area contributed by atoms with Crippen molar-refractivity contribution in [3.8, 4) is 0 Å². The Balaban J connectivity index is 3.15. The minimum atomic E-state index is -0.433. The van der Waals surface area contributed by atoms with Crippen molar-refractivity contribution in [2.24, 2.45) is 0 Å². The molecular weight excluding hydrogens is 228 g/mol. The van der Waals surface area contributed by atoms with Gasteiger partial charge in [-0.3, -0.25) is 4.79 Å². The number of carbonyl (C=O) groups excluding carboxylic acids is 2. The van der Waals surface area contributed by atoms with E-state index < -0.39 is 5.97 Å². The minimum absolute atomic E-state index is 0.00289. The number of esters is 1. The maximum absolute atomic E-state index is 11.4. The Bertz CT molecular complexity index is 413. The normalized spacial score (nSPS) is 9.94. The average molecular weight is 241 g/mol. The number of halogens is 1. The van der Waals surface area contributed by atoms with Gasteiger partial charge in [0.25, 0.3) is 0 Å². The highest BCUT2D eigenvalue weighted by atomic mass is 35.5. The first-order valence-electron chi connectivity index (χ1n) is 4.84. The Morgan fingerprint density at radius 2 is 2.06 bits per heavy atom. The number of methoxy groups -OCH3 is 1. The van der Waals surface area contributed by atoms with Crippen molar-refractivity contribution in [2.75, 3.05) is 7.11 Å². The van der Waals surface area contributed by atoms with Crippen molar-refractivity contribution >= 4 is 23.4 Å². The molecule has 86 valence electrons. The minimum Gasteiger partial charge on any atom is -0.465 e. The van der Waals surface area contributed by atoms with Gasteiger partial charge in [0.05, 0.1) is 12.7 Å². The molecule has 0 heterocycles. The molecule has 0 spiro atoms. The summed E-state index contributed by atoms with van der Waals surface area (Å²) in [6.45, 7) is 1.48. The summed E-state index contributed by atoms with van der Waals surface area (Å²) in [7, 11) is 1.31. The maximum atomic E-state index is 11.4. The van der Waals surface area contributed by atoms with Crippen LogP contribution >= 0.6 is 11.6 Å². The number of rotatable bonds is 4. The molecule has 3 nitrogen and oxygen atoms in total. The van der Waals surface area contributed by atoms with Crippen molar-refractivity contribution < 1.29 is 14.3 Å². The standard InChI is InChI=1S/C12H13ClO3/c1-8(14)5-10-6-9(7-13)3-4-11(10)12(15)16-2/h3-4,6H,5,7H2,1-2H3. The van der Waals surface area contributed by atoms with Gasteiger partial charge in [-0.2, -0.15) is 0 Å². The van der Waals surface area contributed by atoms with Crippen LogP contribution in [0.4, 0.5) is 0 Å². The molecule has 0 fully saturated rings. The molecule has 0 amide bonds. The zero-order valence-corrected chi connectivity index (χ0v) is 10.0. The first-order chi connectivity index (χ1) is 7.58. The molecular formula is C12H13ClO3. The summed E-state index contributed by atoms with van der Waals surface area (Å²) < 4.78 is 4.65. The third-order valence-corrected chi connectivity index (χ3v) is 2.48. The third kappa shape index (κ3) is 3.07. The number of hydrogen-bond acceptors (Lipinski definition) is 3. The largest absolute Gasteiger partial charge is 0.465 e. The van der Waals surface area contributed by atoms with Gasteiger partial charge in [0.15, 0.2) is 0 Å². The third-order valence-electron chi connectivity index (χ3n) is 2.17. The van der Waals surface area contributed by atoms with E-state index in [2.05, 4.69) is 4.74 Å². The predicted octanol–water partition coefficient (Wildman–Crippen LogP) is 2.34. The van der Waals surface area contributed by atoms with Crippen molar-refractivity contribution in [3.05, 3.63) is 34.9 Å². The molecule has 0 aliphatic heterocycles. The summed E-state index contributed by atoms with van der Waals surface area (Å²) in [6, 6.07) is 5.16. The fraction of sp³-hybridized carbons (Fsp3) is 0.333. The first kappa shape index (κ1) is 12.7. The number of ether oxygens (including phenoxy) is 1. The van der Waals surface area contributed by atoms with Gasteiger partial charge in [0.1, 0.15) is 5.78 Å². The molecule has 0 bridgehead atoms. The summed E-state index contributed by atoms with van der Waals surface area (Å²) in [5.74, 6) is -0.0824. The number of alkyl halides is 1. The fourth-order valence-electron chi connectivity index (χ4n) is 1.45. The van der Waals surface area contributed by atoms with E-state index in [0.717, 1.165) is 5.56 Å². The summed E-state index contributed by atoms with van der Waals surface area (Å²) in [6.07, 6.45) is 0.217. The van der Waals surface area contributed by atoms with Crippen molar-refractivity contribution in [2.45, 2.75) is 19.2 Å². The number of ketones is 1. The highest BCUT2D eigenvalue weighted by molar-refractivity contribution is 6.17. The van der Waals surface area contributed by atoms with Gasteiger partial charge in [-0.25, -0.2) is 4.79 Å². The van der Waals surface area contributed by atoms with E-state index in [1.165, 1.54) is 14.0 Å². The van der Waals surface area contributed by atoms with Crippen LogP contribution in [0.5, 0.6) is 0 Å². The molecule has 0 aliphatic rings. The van der Waals surface area contributed by atoms with Crippen LogP contribution in [0.1, 0.15) is 28.4 Å². The Morgan fingerprint density at radius 1 is 1.38 bits per heavy atom. The monoisotopic (exact) mass is 240 g/mol. The molecule has 1 rings (SSSR count). The molecule has 0 saturated carbocycles. The van der Waals surface area contributed by atoms with Crippen LogP contribution in [-0.2, 0) is 21.8 Å². The van der Waals surface area contributed by atoms with E-state index in [-0.39, 0.29) is 12.2 Å². The van der Waals surface area contributed by atoms with Crippen LogP contribution in [0.2, 0.25) is 0 Å². The Morgan fingerprint density at radius 3 is 2.56 bits per heavy atom. The van der Waals surface area contributed by atoms with Crippen LogP contribution in [0.15, 0.2) is 18.2 Å². The molecule has 1 aromatic carbocycles. The van der Waals surface area contributed by atoms with Crippen LogP contribution < -0.4 is 0 Å². The second-order valence-electron chi connectivity index (χ2n) is 3.50. The number of benzene rings is 1. The van der Waals surface area contributed by atoms with Crippen LogP contribution in [0, 0.1) is 0 Å². The predicted molar refractivity (Wildman–Crippen MR) is 61.7 cm³/mol. The molecule has 0 unspecified atom stereocenters. The van der Waals surface area contributed by atoms with Crippen molar-refractivity contribution in [1.82, 2.24) is 0 Å². The first-order valence-corrected chi connectivity index (χ1v) is 5.37.